The highest BCUT2D eigenvalue weighted by Gasteiger charge is 2.27. The summed E-state index contributed by atoms with van der Waals surface area (Å²) < 4.78 is 4.05. The largest absolute Gasteiger partial charge is 0.374 e. The van der Waals surface area contributed by atoms with Gasteiger partial charge in [0.05, 0.1) is 0 Å². The van der Waals surface area contributed by atoms with Gasteiger partial charge in [0.1, 0.15) is 10.7 Å². The molecule has 2 unspecified atom stereocenters. The minimum absolute atomic E-state index is 0.600. The average Bonchev–Trinajstić information content (AvgIpc) is 2.74. The second-order valence-electron chi connectivity index (χ2n) is 5.14. The van der Waals surface area contributed by atoms with Crippen LogP contribution >= 0.6 is 11.5 Å². The standard InChI is InChI=1S/C12H23N5S/c1-5-13-12-11(14-15-18-12)8-17-6-9(2)16(4)10(3)7-17/h9-10,13H,5-8H2,1-4H3. The third-order valence-corrected chi connectivity index (χ3v) is 4.43. The molecule has 102 valence electrons. The molecular weight excluding hydrogens is 246 g/mol. The number of aromatic nitrogens is 2. The van der Waals surface area contributed by atoms with E-state index in [1.807, 2.05) is 0 Å². The zero-order valence-corrected chi connectivity index (χ0v) is 12.5. The molecule has 1 aliphatic rings. The Balaban J connectivity index is 1.99. The summed E-state index contributed by atoms with van der Waals surface area (Å²) in [5.41, 5.74) is 1.09. The van der Waals surface area contributed by atoms with Gasteiger partial charge in [-0.15, -0.1) is 5.10 Å². The summed E-state index contributed by atoms with van der Waals surface area (Å²) in [7, 11) is 2.21. The highest BCUT2D eigenvalue weighted by molar-refractivity contribution is 7.10. The summed E-state index contributed by atoms with van der Waals surface area (Å²) >= 11 is 1.46. The molecule has 0 radical (unpaired) electrons. The maximum atomic E-state index is 4.25. The molecule has 18 heavy (non-hydrogen) atoms. The van der Waals surface area contributed by atoms with Crippen molar-refractivity contribution in [3.05, 3.63) is 5.69 Å². The number of nitrogens with zero attached hydrogens (tertiary/aromatic N) is 4. The monoisotopic (exact) mass is 269 g/mol. The molecule has 1 aromatic heterocycles. The van der Waals surface area contributed by atoms with Gasteiger partial charge in [0, 0.05) is 49.8 Å². The first kappa shape index (κ1) is 13.7. The summed E-state index contributed by atoms with van der Waals surface area (Å²) in [6.45, 7) is 10.7. The van der Waals surface area contributed by atoms with Gasteiger partial charge in [0.15, 0.2) is 0 Å². The van der Waals surface area contributed by atoms with Gasteiger partial charge in [0.25, 0.3) is 0 Å². The van der Waals surface area contributed by atoms with Gasteiger partial charge in [-0.1, -0.05) is 4.49 Å². The number of hydrogen-bond donors (Lipinski definition) is 1. The van der Waals surface area contributed by atoms with Gasteiger partial charge < -0.3 is 5.32 Å². The van der Waals surface area contributed by atoms with E-state index in [1.165, 1.54) is 11.5 Å². The average molecular weight is 269 g/mol. The molecule has 0 aliphatic carbocycles. The van der Waals surface area contributed by atoms with E-state index in [9.17, 15) is 0 Å². The van der Waals surface area contributed by atoms with Gasteiger partial charge in [-0.25, -0.2) is 0 Å². The lowest BCUT2D eigenvalue weighted by Crippen LogP contribution is -2.54. The van der Waals surface area contributed by atoms with Crippen LogP contribution in [0.3, 0.4) is 0 Å². The first-order valence-electron chi connectivity index (χ1n) is 6.61. The SMILES string of the molecule is CCNc1snnc1CN1CC(C)N(C)C(C)C1. The topological polar surface area (TPSA) is 44.3 Å². The van der Waals surface area contributed by atoms with Crippen molar-refractivity contribution in [3.63, 3.8) is 0 Å². The van der Waals surface area contributed by atoms with Crippen LogP contribution in [-0.4, -0.2) is 58.2 Å². The molecule has 2 atom stereocenters. The van der Waals surface area contributed by atoms with Crippen LogP contribution in [0, 0.1) is 0 Å². The fraction of sp³-hybridized carbons (Fsp3) is 0.833. The van der Waals surface area contributed by atoms with Crippen molar-refractivity contribution in [2.75, 3.05) is 32.0 Å². The van der Waals surface area contributed by atoms with Crippen molar-refractivity contribution in [2.24, 2.45) is 0 Å². The number of likely N-dealkylation sites (N-methyl/N-ethyl adjacent to an activating group) is 1. The summed E-state index contributed by atoms with van der Waals surface area (Å²) in [4.78, 5) is 4.92. The van der Waals surface area contributed by atoms with Crippen molar-refractivity contribution >= 4 is 16.5 Å². The van der Waals surface area contributed by atoms with Gasteiger partial charge in [0.2, 0.25) is 0 Å². The first-order chi connectivity index (χ1) is 8.61. The lowest BCUT2D eigenvalue weighted by molar-refractivity contribution is 0.0550. The molecule has 0 amide bonds. The second-order valence-corrected chi connectivity index (χ2v) is 5.89. The predicted octanol–water partition coefficient (Wildman–Crippen LogP) is 1.49. The van der Waals surface area contributed by atoms with E-state index in [0.29, 0.717) is 12.1 Å². The number of anilines is 1. The maximum absolute atomic E-state index is 4.25. The van der Waals surface area contributed by atoms with E-state index < -0.39 is 0 Å². The Morgan fingerprint density at radius 1 is 1.33 bits per heavy atom. The van der Waals surface area contributed by atoms with Gasteiger partial charge in [-0.2, -0.15) is 0 Å². The van der Waals surface area contributed by atoms with E-state index in [2.05, 4.69) is 52.5 Å². The van der Waals surface area contributed by atoms with Crippen molar-refractivity contribution in [3.8, 4) is 0 Å². The molecule has 0 bridgehead atoms. The smallest absolute Gasteiger partial charge is 0.134 e. The van der Waals surface area contributed by atoms with Crippen molar-refractivity contribution in [1.82, 2.24) is 19.4 Å². The minimum atomic E-state index is 0.600. The Hall–Kier alpha value is -0.720. The van der Waals surface area contributed by atoms with E-state index in [-0.39, 0.29) is 0 Å². The number of piperazine rings is 1. The van der Waals surface area contributed by atoms with E-state index >= 15 is 0 Å². The lowest BCUT2D eigenvalue weighted by Gasteiger charge is -2.42. The predicted molar refractivity (Wildman–Crippen MR) is 76.0 cm³/mol. The third kappa shape index (κ3) is 2.99. The molecule has 0 aromatic carbocycles. The van der Waals surface area contributed by atoms with Gasteiger partial charge in [-0.3, -0.25) is 9.80 Å². The molecule has 1 fully saturated rings. The number of rotatable bonds is 4. The van der Waals surface area contributed by atoms with Crippen LogP contribution in [0.5, 0.6) is 0 Å². The first-order valence-corrected chi connectivity index (χ1v) is 7.38. The summed E-state index contributed by atoms with van der Waals surface area (Å²) in [6.07, 6.45) is 0. The summed E-state index contributed by atoms with van der Waals surface area (Å²) in [5, 5.41) is 8.70. The normalized spacial score (nSPS) is 26.4. The Bertz CT molecular complexity index is 368. The fourth-order valence-corrected chi connectivity index (χ4v) is 3.10. The Morgan fingerprint density at radius 3 is 2.61 bits per heavy atom. The van der Waals surface area contributed by atoms with Gasteiger partial charge in [-0.05, 0) is 27.8 Å². The Kier molecular flexibility index (Phi) is 4.53. The fourth-order valence-electron chi connectivity index (χ4n) is 2.46. The van der Waals surface area contributed by atoms with Crippen molar-refractivity contribution in [1.29, 1.82) is 0 Å². The van der Waals surface area contributed by atoms with Crippen LogP contribution < -0.4 is 5.32 Å². The minimum Gasteiger partial charge on any atom is -0.374 e. The highest BCUT2D eigenvalue weighted by Crippen LogP contribution is 2.21. The molecular formula is C12H23N5S. The zero-order valence-electron chi connectivity index (χ0n) is 11.7. The quantitative estimate of drug-likeness (QED) is 0.897. The lowest BCUT2D eigenvalue weighted by atomic mass is 10.1. The Morgan fingerprint density at radius 2 is 2.00 bits per heavy atom. The van der Waals surface area contributed by atoms with E-state index in [1.54, 1.807) is 0 Å². The zero-order chi connectivity index (χ0) is 13.1. The summed E-state index contributed by atoms with van der Waals surface area (Å²) in [6, 6.07) is 1.20. The molecule has 5 nitrogen and oxygen atoms in total. The highest BCUT2D eigenvalue weighted by atomic mass is 32.1. The van der Waals surface area contributed by atoms with Crippen LogP contribution in [0.2, 0.25) is 0 Å². The van der Waals surface area contributed by atoms with Gasteiger partial charge >= 0.3 is 0 Å². The maximum Gasteiger partial charge on any atom is 0.134 e. The third-order valence-electron chi connectivity index (χ3n) is 3.70. The van der Waals surface area contributed by atoms with Crippen LogP contribution in [0.4, 0.5) is 5.00 Å². The number of nitrogens with one attached hydrogen (secondary N) is 1. The van der Waals surface area contributed by atoms with Crippen LogP contribution in [0.25, 0.3) is 0 Å². The van der Waals surface area contributed by atoms with E-state index in [4.69, 9.17) is 0 Å². The molecule has 2 heterocycles. The van der Waals surface area contributed by atoms with Crippen LogP contribution in [0.1, 0.15) is 26.5 Å². The molecule has 1 aromatic rings. The molecule has 0 spiro atoms. The molecule has 1 saturated heterocycles. The van der Waals surface area contributed by atoms with Crippen LogP contribution in [-0.2, 0) is 6.54 Å². The second kappa shape index (κ2) is 5.95. The van der Waals surface area contributed by atoms with Crippen molar-refractivity contribution < 1.29 is 0 Å². The molecule has 1 N–H and O–H groups in total. The van der Waals surface area contributed by atoms with Crippen molar-refractivity contribution in [2.45, 2.75) is 39.4 Å². The van der Waals surface area contributed by atoms with Crippen LogP contribution in [0.15, 0.2) is 0 Å². The molecule has 2 rings (SSSR count). The number of hydrogen-bond acceptors (Lipinski definition) is 6. The Labute approximate surface area is 113 Å². The van der Waals surface area contributed by atoms with E-state index in [0.717, 1.165) is 36.9 Å². The molecule has 0 saturated carbocycles. The summed E-state index contributed by atoms with van der Waals surface area (Å²) in [5.74, 6) is 0. The molecule has 6 heteroatoms. The molecule has 1 aliphatic heterocycles.